The maximum absolute atomic E-state index is 12.3. The van der Waals surface area contributed by atoms with Crippen LogP contribution in [0.3, 0.4) is 0 Å². The van der Waals surface area contributed by atoms with E-state index in [0.717, 1.165) is 5.56 Å². The van der Waals surface area contributed by atoms with E-state index >= 15 is 0 Å². The number of para-hydroxylation sites is 2. The number of anilines is 1. The molecule has 0 saturated heterocycles. The summed E-state index contributed by atoms with van der Waals surface area (Å²) in [5.41, 5.74) is 1.49. The lowest BCUT2D eigenvalue weighted by Crippen LogP contribution is -2.29. The fourth-order valence-electron chi connectivity index (χ4n) is 2.32. The summed E-state index contributed by atoms with van der Waals surface area (Å²) in [5.74, 6) is 0.220. The third-order valence-electron chi connectivity index (χ3n) is 3.35. The standard InChI is InChI=1S/C18H20N2O3/c1-13(21)19-16(14-8-4-3-5-9-14)12-18(22)20-15-10-6-7-11-17(15)23-2/h3-11,16H,12H2,1-2H3,(H,19,21)(H,20,22)/t16-/m0/s1. The Labute approximate surface area is 135 Å². The fraction of sp³-hybridized carbons (Fsp3) is 0.222. The van der Waals surface area contributed by atoms with Gasteiger partial charge in [-0.25, -0.2) is 0 Å². The first-order valence-electron chi connectivity index (χ1n) is 7.35. The van der Waals surface area contributed by atoms with Crippen LogP contribution in [-0.2, 0) is 9.59 Å². The van der Waals surface area contributed by atoms with Crippen LogP contribution in [0.5, 0.6) is 5.75 Å². The summed E-state index contributed by atoms with van der Waals surface area (Å²) in [5, 5.41) is 5.63. The lowest BCUT2D eigenvalue weighted by atomic mass is 10.0. The molecule has 2 aromatic carbocycles. The second kappa shape index (κ2) is 7.98. The van der Waals surface area contributed by atoms with Gasteiger partial charge in [0.25, 0.3) is 0 Å². The zero-order chi connectivity index (χ0) is 16.7. The monoisotopic (exact) mass is 312 g/mol. The SMILES string of the molecule is COc1ccccc1NC(=O)C[C@H](NC(C)=O)c1ccccc1. The topological polar surface area (TPSA) is 67.4 Å². The minimum Gasteiger partial charge on any atom is -0.495 e. The van der Waals surface area contributed by atoms with Gasteiger partial charge >= 0.3 is 0 Å². The van der Waals surface area contributed by atoms with E-state index in [-0.39, 0.29) is 24.3 Å². The van der Waals surface area contributed by atoms with Crippen LogP contribution in [-0.4, -0.2) is 18.9 Å². The molecule has 2 amide bonds. The van der Waals surface area contributed by atoms with Crippen molar-refractivity contribution in [2.45, 2.75) is 19.4 Å². The van der Waals surface area contributed by atoms with E-state index < -0.39 is 0 Å². The molecule has 0 unspecified atom stereocenters. The molecule has 0 aromatic heterocycles. The van der Waals surface area contributed by atoms with Crippen LogP contribution in [0.15, 0.2) is 54.6 Å². The Morgan fingerprint density at radius 1 is 1.04 bits per heavy atom. The average molecular weight is 312 g/mol. The molecular weight excluding hydrogens is 292 g/mol. The van der Waals surface area contributed by atoms with Crippen molar-refractivity contribution >= 4 is 17.5 Å². The second-order valence-corrected chi connectivity index (χ2v) is 5.12. The van der Waals surface area contributed by atoms with Crippen LogP contribution in [0.1, 0.15) is 24.9 Å². The Bertz CT molecular complexity index is 671. The van der Waals surface area contributed by atoms with Crippen molar-refractivity contribution < 1.29 is 14.3 Å². The predicted molar refractivity (Wildman–Crippen MR) is 89.2 cm³/mol. The summed E-state index contributed by atoms with van der Waals surface area (Å²) in [6, 6.07) is 16.2. The Morgan fingerprint density at radius 3 is 2.35 bits per heavy atom. The van der Waals surface area contributed by atoms with Gasteiger partial charge in [0.05, 0.1) is 25.3 Å². The Balaban J connectivity index is 2.10. The smallest absolute Gasteiger partial charge is 0.226 e. The molecule has 0 bridgehead atoms. The van der Waals surface area contributed by atoms with E-state index in [4.69, 9.17) is 4.74 Å². The largest absolute Gasteiger partial charge is 0.495 e. The molecule has 0 spiro atoms. The van der Waals surface area contributed by atoms with E-state index in [2.05, 4.69) is 10.6 Å². The van der Waals surface area contributed by atoms with Crippen LogP contribution in [0, 0.1) is 0 Å². The van der Waals surface area contributed by atoms with Gasteiger partial charge < -0.3 is 15.4 Å². The van der Waals surface area contributed by atoms with Crippen molar-refractivity contribution in [1.29, 1.82) is 0 Å². The maximum atomic E-state index is 12.3. The molecule has 23 heavy (non-hydrogen) atoms. The number of amides is 2. The molecule has 0 aliphatic rings. The highest BCUT2D eigenvalue weighted by molar-refractivity contribution is 5.93. The van der Waals surface area contributed by atoms with Crippen LogP contribution in [0.25, 0.3) is 0 Å². The van der Waals surface area contributed by atoms with E-state index in [9.17, 15) is 9.59 Å². The summed E-state index contributed by atoms with van der Waals surface area (Å²) in [6.45, 7) is 1.44. The Kier molecular flexibility index (Phi) is 5.74. The molecule has 5 heteroatoms. The first kappa shape index (κ1) is 16.5. The number of benzene rings is 2. The predicted octanol–water partition coefficient (Wildman–Crippen LogP) is 2.90. The third kappa shape index (κ3) is 4.85. The third-order valence-corrected chi connectivity index (χ3v) is 3.35. The molecule has 0 saturated carbocycles. The van der Waals surface area contributed by atoms with Gasteiger partial charge in [-0.2, -0.15) is 0 Å². The molecule has 120 valence electrons. The summed E-state index contributed by atoms with van der Waals surface area (Å²) < 4.78 is 5.22. The molecule has 0 heterocycles. The number of carbonyl (C=O) groups is 2. The molecule has 0 aliphatic heterocycles. The molecule has 0 aliphatic carbocycles. The van der Waals surface area contributed by atoms with Gasteiger partial charge in [-0.3, -0.25) is 9.59 Å². The van der Waals surface area contributed by atoms with Crippen molar-refractivity contribution in [3.05, 3.63) is 60.2 Å². The second-order valence-electron chi connectivity index (χ2n) is 5.12. The number of carbonyl (C=O) groups excluding carboxylic acids is 2. The molecule has 0 fully saturated rings. The first-order valence-corrected chi connectivity index (χ1v) is 7.35. The van der Waals surface area contributed by atoms with Gasteiger partial charge in [-0.05, 0) is 17.7 Å². The van der Waals surface area contributed by atoms with Crippen LogP contribution in [0.2, 0.25) is 0 Å². The van der Waals surface area contributed by atoms with E-state index in [1.54, 1.807) is 19.2 Å². The van der Waals surface area contributed by atoms with E-state index in [1.165, 1.54) is 6.92 Å². The number of hydrogen-bond donors (Lipinski definition) is 2. The number of hydrogen-bond acceptors (Lipinski definition) is 3. The highest BCUT2D eigenvalue weighted by atomic mass is 16.5. The van der Waals surface area contributed by atoms with Crippen LogP contribution in [0.4, 0.5) is 5.69 Å². The van der Waals surface area contributed by atoms with Gasteiger partial charge in [0.2, 0.25) is 11.8 Å². The van der Waals surface area contributed by atoms with E-state index in [0.29, 0.717) is 11.4 Å². The van der Waals surface area contributed by atoms with Gasteiger partial charge in [-0.1, -0.05) is 42.5 Å². The van der Waals surface area contributed by atoms with Crippen LogP contribution >= 0.6 is 0 Å². The van der Waals surface area contributed by atoms with Gasteiger partial charge in [0, 0.05) is 6.92 Å². The number of nitrogens with one attached hydrogen (secondary N) is 2. The Morgan fingerprint density at radius 2 is 1.70 bits per heavy atom. The summed E-state index contributed by atoms with van der Waals surface area (Å²) in [4.78, 5) is 23.7. The highest BCUT2D eigenvalue weighted by Crippen LogP contribution is 2.24. The zero-order valence-electron chi connectivity index (χ0n) is 13.2. The number of methoxy groups -OCH3 is 1. The van der Waals surface area contributed by atoms with Crippen molar-refractivity contribution in [1.82, 2.24) is 5.32 Å². The van der Waals surface area contributed by atoms with Gasteiger partial charge in [-0.15, -0.1) is 0 Å². The average Bonchev–Trinajstić information content (AvgIpc) is 2.55. The minimum atomic E-state index is -0.372. The zero-order valence-corrected chi connectivity index (χ0v) is 13.2. The highest BCUT2D eigenvalue weighted by Gasteiger charge is 2.17. The van der Waals surface area contributed by atoms with Crippen molar-refractivity contribution in [3.63, 3.8) is 0 Å². The normalized spacial score (nSPS) is 11.4. The van der Waals surface area contributed by atoms with Gasteiger partial charge in [0.1, 0.15) is 5.75 Å². The molecule has 2 rings (SSSR count). The lowest BCUT2D eigenvalue weighted by Gasteiger charge is -2.18. The molecule has 5 nitrogen and oxygen atoms in total. The molecule has 2 N–H and O–H groups in total. The van der Waals surface area contributed by atoms with Crippen LogP contribution < -0.4 is 15.4 Å². The molecular formula is C18H20N2O3. The number of rotatable bonds is 6. The van der Waals surface area contributed by atoms with Gasteiger partial charge in [0.15, 0.2) is 0 Å². The molecule has 1 atom stereocenters. The maximum Gasteiger partial charge on any atom is 0.226 e. The summed E-state index contributed by atoms with van der Waals surface area (Å²) in [7, 11) is 1.55. The first-order chi connectivity index (χ1) is 11.1. The summed E-state index contributed by atoms with van der Waals surface area (Å²) in [6.07, 6.45) is 0.141. The number of ether oxygens (including phenoxy) is 1. The van der Waals surface area contributed by atoms with Crippen molar-refractivity contribution in [2.24, 2.45) is 0 Å². The minimum absolute atomic E-state index is 0.141. The van der Waals surface area contributed by atoms with E-state index in [1.807, 2.05) is 42.5 Å². The molecule has 0 radical (unpaired) electrons. The molecule has 2 aromatic rings. The fourth-order valence-corrected chi connectivity index (χ4v) is 2.32. The summed E-state index contributed by atoms with van der Waals surface area (Å²) >= 11 is 0. The van der Waals surface area contributed by atoms with Crippen molar-refractivity contribution in [3.8, 4) is 5.75 Å². The van der Waals surface area contributed by atoms with Crippen molar-refractivity contribution in [2.75, 3.05) is 12.4 Å². The Hall–Kier alpha value is -2.82. The quantitative estimate of drug-likeness (QED) is 0.862. The lowest BCUT2D eigenvalue weighted by molar-refractivity contribution is -0.120.